The highest BCUT2D eigenvalue weighted by molar-refractivity contribution is 8.14. The van der Waals surface area contributed by atoms with Crippen LogP contribution in [-0.4, -0.2) is 22.0 Å². The average Bonchev–Trinajstić information content (AvgIpc) is 2.55. The van der Waals surface area contributed by atoms with Crippen molar-refractivity contribution in [3.05, 3.63) is 0 Å². The third-order valence-corrected chi connectivity index (χ3v) is 5.45. The minimum absolute atomic E-state index is 0.121. The Bertz CT molecular complexity index is 381. The van der Waals surface area contributed by atoms with Crippen molar-refractivity contribution < 1.29 is 0 Å². The zero-order valence-corrected chi connectivity index (χ0v) is 15.0. The molecule has 0 aromatic carbocycles. The lowest BCUT2D eigenvalue weighted by atomic mass is 9.78. The summed E-state index contributed by atoms with van der Waals surface area (Å²) in [4.78, 5) is 5.11. The zero-order chi connectivity index (χ0) is 15.0. The van der Waals surface area contributed by atoms with Crippen LogP contribution in [-0.2, 0) is 0 Å². The number of thioether (sulfide) groups is 1. The van der Waals surface area contributed by atoms with Crippen LogP contribution in [0.5, 0.6) is 0 Å². The Morgan fingerprint density at radius 2 is 2.00 bits per heavy atom. The van der Waals surface area contributed by atoms with Gasteiger partial charge in [0.05, 0.1) is 5.54 Å². The summed E-state index contributed by atoms with van der Waals surface area (Å²) >= 11 is 1.94. The summed E-state index contributed by atoms with van der Waals surface area (Å²) in [6, 6.07) is 0. The maximum atomic E-state index is 5.11. The minimum Gasteiger partial charge on any atom is -0.360 e. The molecule has 0 aromatic rings. The molecule has 1 aliphatic carbocycles. The van der Waals surface area contributed by atoms with Crippen LogP contribution in [0.4, 0.5) is 0 Å². The van der Waals surface area contributed by atoms with Gasteiger partial charge in [0.15, 0.2) is 5.17 Å². The molecule has 0 amide bonds. The number of amidine groups is 1. The molecule has 1 spiro atoms. The first-order valence-corrected chi connectivity index (χ1v) is 9.09. The molecule has 0 saturated heterocycles. The van der Waals surface area contributed by atoms with Crippen LogP contribution in [0.3, 0.4) is 0 Å². The fourth-order valence-electron chi connectivity index (χ4n) is 4.07. The maximum Gasteiger partial charge on any atom is 0.157 e. The first kappa shape index (κ1) is 16.2. The Hall–Kier alpha value is -0.180. The van der Waals surface area contributed by atoms with E-state index in [1.54, 1.807) is 0 Å². The summed E-state index contributed by atoms with van der Waals surface area (Å²) in [5, 5.41) is 4.90. The molecule has 0 bridgehead atoms. The van der Waals surface area contributed by atoms with E-state index in [0.717, 1.165) is 12.3 Å². The fourth-order valence-corrected chi connectivity index (χ4v) is 5.41. The number of hydrogen-bond donors (Lipinski definition) is 1. The summed E-state index contributed by atoms with van der Waals surface area (Å²) in [5.41, 5.74) is 0.718. The van der Waals surface area contributed by atoms with Crippen molar-refractivity contribution in [3.8, 4) is 0 Å². The second kappa shape index (κ2) is 5.55. The number of nitrogens with one attached hydrogen (secondary N) is 1. The number of rotatable bonds is 2. The molecule has 116 valence electrons. The predicted octanol–water partition coefficient (Wildman–Crippen LogP) is 4.84. The standard InChI is InChI=1S/C17H32N2S/c1-13-8-7-9-17(10-13)12-20-14(19-17)18-16(5,6)11-15(2,3)4/h13H,7-12H2,1-6H3,(H,18,19). The van der Waals surface area contributed by atoms with Gasteiger partial charge < -0.3 is 5.32 Å². The number of nitrogens with zero attached hydrogens (tertiary/aromatic N) is 1. The Morgan fingerprint density at radius 3 is 2.60 bits per heavy atom. The molecular formula is C17H32N2S. The Balaban J connectivity index is 2.00. The van der Waals surface area contributed by atoms with Gasteiger partial charge in [0.25, 0.3) is 0 Å². The minimum atomic E-state index is 0.121. The van der Waals surface area contributed by atoms with Crippen molar-refractivity contribution in [2.24, 2.45) is 16.3 Å². The SMILES string of the molecule is CC1CCCC2(CSC(NC(C)(C)CC(C)(C)C)=N2)C1. The molecule has 2 rings (SSSR count). The molecule has 20 heavy (non-hydrogen) atoms. The van der Waals surface area contributed by atoms with Gasteiger partial charge in [0.1, 0.15) is 0 Å². The van der Waals surface area contributed by atoms with Crippen LogP contribution in [0.1, 0.15) is 73.6 Å². The van der Waals surface area contributed by atoms with Gasteiger partial charge in [-0.1, -0.05) is 52.3 Å². The molecule has 2 aliphatic rings. The normalized spacial score (nSPS) is 31.5. The third kappa shape index (κ3) is 4.41. The summed E-state index contributed by atoms with van der Waals surface area (Å²) in [5.74, 6) is 2.03. The Kier molecular flexibility index (Phi) is 4.49. The van der Waals surface area contributed by atoms with Crippen molar-refractivity contribution >= 4 is 16.9 Å². The van der Waals surface area contributed by atoms with E-state index >= 15 is 0 Å². The van der Waals surface area contributed by atoms with Crippen molar-refractivity contribution in [1.82, 2.24) is 5.32 Å². The van der Waals surface area contributed by atoms with E-state index < -0.39 is 0 Å². The molecule has 0 radical (unpaired) electrons. The van der Waals surface area contributed by atoms with Crippen LogP contribution in [0, 0.1) is 11.3 Å². The van der Waals surface area contributed by atoms with Crippen LogP contribution < -0.4 is 5.32 Å². The number of aliphatic imine (C=N–C) groups is 1. The van der Waals surface area contributed by atoms with Gasteiger partial charge in [-0.05, 0) is 44.4 Å². The molecule has 1 N–H and O–H groups in total. The summed E-state index contributed by atoms with van der Waals surface area (Å²) in [6.45, 7) is 13.9. The highest BCUT2D eigenvalue weighted by atomic mass is 32.2. The fraction of sp³-hybridized carbons (Fsp3) is 0.941. The van der Waals surface area contributed by atoms with Crippen molar-refractivity contribution in [1.29, 1.82) is 0 Å². The quantitative estimate of drug-likeness (QED) is 0.788. The smallest absolute Gasteiger partial charge is 0.157 e. The average molecular weight is 297 g/mol. The maximum absolute atomic E-state index is 5.11. The first-order chi connectivity index (χ1) is 9.09. The van der Waals surface area contributed by atoms with E-state index in [2.05, 4.69) is 46.9 Å². The lowest BCUT2D eigenvalue weighted by Crippen LogP contribution is -2.44. The van der Waals surface area contributed by atoms with E-state index in [9.17, 15) is 0 Å². The molecule has 2 nitrogen and oxygen atoms in total. The van der Waals surface area contributed by atoms with E-state index in [4.69, 9.17) is 4.99 Å². The largest absolute Gasteiger partial charge is 0.360 e. The highest BCUT2D eigenvalue weighted by Crippen LogP contribution is 2.42. The van der Waals surface area contributed by atoms with Gasteiger partial charge in [0, 0.05) is 11.3 Å². The molecule has 2 unspecified atom stereocenters. The summed E-state index contributed by atoms with van der Waals surface area (Å²) in [6.07, 6.45) is 6.47. The van der Waals surface area contributed by atoms with Crippen molar-refractivity contribution in [3.63, 3.8) is 0 Å². The van der Waals surface area contributed by atoms with Gasteiger partial charge >= 0.3 is 0 Å². The zero-order valence-electron chi connectivity index (χ0n) is 14.2. The molecular weight excluding hydrogens is 264 g/mol. The van der Waals surface area contributed by atoms with Gasteiger partial charge in [-0.15, -0.1) is 0 Å². The van der Waals surface area contributed by atoms with Gasteiger partial charge in [-0.2, -0.15) is 0 Å². The van der Waals surface area contributed by atoms with Crippen LogP contribution in [0.2, 0.25) is 0 Å². The lowest BCUT2D eigenvalue weighted by molar-refractivity contribution is 0.259. The molecule has 2 atom stereocenters. The molecule has 1 saturated carbocycles. The first-order valence-electron chi connectivity index (χ1n) is 8.10. The van der Waals surface area contributed by atoms with Crippen LogP contribution in [0.25, 0.3) is 0 Å². The van der Waals surface area contributed by atoms with Crippen LogP contribution >= 0.6 is 11.8 Å². The van der Waals surface area contributed by atoms with E-state index in [0.29, 0.717) is 5.41 Å². The Morgan fingerprint density at radius 1 is 1.30 bits per heavy atom. The topological polar surface area (TPSA) is 24.4 Å². The molecule has 1 fully saturated rings. The van der Waals surface area contributed by atoms with Gasteiger partial charge in [-0.3, -0.25) is 4.99 Å². The predicted molar refractivity (Wildman–Crippen MR) is 91.5 cm³/mol. The van der Waals surface area contributed by atoms with Crippen LogP contribution in [0.15, 0.2) is 4.99 Å². The number of hydrogen-bond acceptors (Lipinski definition) is 3. The second-order valence-corrected chi connectivity index (χ2v) is 9.84. The molecule has 1 heterocycles. The van der Waals surface area contributed by atoms with Gasteiger partial charge in [0.2, 0.25) is 0 Å². The van der Waals surface area contributed by atoms with E-state index in [1.807, 2.05) is 11.8 Å². The van der Waals surface area contributed by atoms with Crippen molar-refractivity contribution in [2.45, 2.75) is 84.7 Å². The second-order valence-electron chi connectivity index (χ2n) is 8.88. The van der Waals surface area contributed by atoms with Crippen molar-refractivity contribution in [2.75, 3.05) is 5.75 Å². The van der Waals surface area contributed by atoms with E-state index in [-0.39, 0.29) is 11.1 Å². The highest BCUT2D eigenvalue weighted by Gasteiger charge is 2.40. The van der Waals surface area contributed by atoms with E-state index in [1.165, 1.54) is 36.6 Å². The molecule has 1 aliphatic heterocycles. The monoisotopic (exact) mass is 296 g/mol. The summed E-state index contributed by atoms with van der Waals surface area (Å²) < 4.78 is 0. The summed E-state index contributed by atoms with van der Waals surface area (Å²) in [7, 11) is 0. The third-order valence-electron chi connectivity index (χ3n) is 4.30. The molecule has 3 heteroatoms. The lowest BCUT2D eigenvalue weighted by Gasteiger charge is -2.34. The molecule has 0 aromatic heterocycles. The van der Waals surface area contributed by atoms with Gasteiger partial charge in [-0.25, -0.2) is 0 Å². The Labute approximate surface area is 129 Å².